The second-order valence-corrected chi connectivity index (χ2v) is 5.73. The number of nitro benzene ring substituents is 1. The average Bonchev–Trinajstić information content (AvgIpc) is 3.10. The van der Waals surface area contributed by atoms with Gasteiger partial charge < -0.3 is 9.84 Å². The van der Waals surface area contributed by atoms with E-state index in [1.165, 1.54) is 24.3 Å². The molecule has 0 saturated heterocycles. The molecule has 8 nitrogen and oxygen atoms in total. The molecular formula is C18H16N4O4. The molecule has 0 bridgehead atoms. The van der Waals surface area contributed by atoms with Gasteiger partial charge in [0.05, 0.1) is 4.92 Å². The minimum absolute atomic E-state index is 0.0301. The summed E-state index contributed by atoms with van der Waals surface area (Å²) >= 11 is 0. The number of hydrogen-bond acceptors (Lipinski definition) is 6. The maximum Gasteiger partial charge on any atom is 0.269 e. The first-order valence-electron chi connectivity index (χ1n) is 7.95. The van der Waals surface area contributed by atoms with Crippen LogP contribution in [0.15, 0.2) is 53.1 Å². The first-order valence-corrected chi connectivity index (χ1v) is 7.95. The lowest BCUT2D eigenvalue weighted by Gasteiger charge is -2.03. The Bertz CT molecular complexity index is 917. The molecule has 1 N–H and O–H groups in total. The number of nitrogens with one attached hydrogen (secondary N) is 1. The summed E-state index contributed by atoms with van der Waals surface area (Å²) in [5.41, 5.74) is 2.45. The maximum absolute atomic E-state index is 12.0. The Hall–Kier alpha value is -3.55. The lowest BCUT2D eigenvalue weighted by Crippen LogP contribution is -2.12. The van der Waals surface area contributed by atoms with Crippen molar-refractivity contribution in [3.05, 3.63) is 70.1 Å². The van der Waals surface area contributed by atoms with E-state index in [1.54, 1.807) is 0 Å². The van der Waals surface area contributed by atoms with Gasteiger partial charge in [-0.1, -0.05) is 35.0 Å². The van der Waals surface area contributed by atoms with Crippen LogP contribution < -0.4 is 5.32 Å². The van der Waals surface area contributed by atoms with Crippen LogP contribution >= 0.6 is 0 Å². The van der Waals surface area contributed by atoms with Crippen LogP contribution in [-0.4, -0.2) is 21.0 Å². The number of nitro groups is 1. The molecule has 0 aliphatic heterocycles. The number of amides is 1. The summed E-state index contributed by atoms with van der Waals surface area (Å²) in [4.78, 5) is 26.4. The molecule has 0 spiro atoms. The Labute approximate surface area is 149 Å². The second-order valence-electron chi connectivity index (χ2n) is 5.73. The number of carbonyl (C=O) groups is 1. The SMILES string of the molecule is Cc1ccc(-c2noc(CCC(=O)Nc3ccc([N+](=O)[O-])cc3)n2)cc1. The highest BCUT2D eigenvalue weighted by Crippen LogP contribution is 2.18. The summed E-state index contributed by atoms with van der Waals surface area (Å²) in [6.07, 6.45) is 0.462. The lowest BCUT2D eigenvalue weighted by molar-refractivity contribution is -0.384. The van der Waals surface area contributed by atoms with Crippen LogP contribution in [-0.2, 0) is 11.2 Å². The summed E-state index contributed by atoms with van der Waals surface area (Å²) in [5.74, 6) is 0.615. The highest BCUT2D eigenvalue weighted by molar-refractivity contribution is 5.90. The number of anilines is 1. The Morgan fingerprint density at radius 1 is 1.15 bits per heavy atom. The molecule has 0 aliphatic rings. The minimum Gasteiger partial charge on any atom is -0.339 e. The van der Waals surface area contributed by atoms with Crippen LogP contribution in [0.3, 0.4) is 0 Å². The number of hydrogen-bond donors (Lipinski definition) is 1. The summed E-state index contributed by atoms with van der Waals surface area (Å²) in [7, 11) is 0. The highest BCUT2D eigenvalue weighted by atomic mass is 16.6. The van der Waals surface area contributed by atoms with Crippen LogP contribution in [0.5, 0.6) is 0 Å². The van der Waals surface area contributed by atoms with Gasteiger partial charge in [0.2, 0.25) is 17.6 Å². The number of benzene rings is 2. The van der Waals surface area contributed by atoms with Crippen molar-refractivity contribution < 1.29 is 14.2 Å². The fourth-order valence-electron chi connectivity index (χ4n) is 2.29. The fourth-order valence-corrected chi connectivity index (χ4v) is 2.29. The topological polar surface area (TPSA) is 111 Å². The van der Waals surface area contributed by atoms with E-state index < -0.39 is 4.92 Å². The Morgan fingerprint density at radius 2 is 1.85 bits per heavy atom. The quantitative estimate of drug-likeness (QED) is 0.536. The van der Waals surface area contributed by atoms with E-state index in [1.807, 2.05) is 31.2 Å². The van der Waals surface area contributed by atoms with Gasteiger partial charge in [-0.25, -0.2) is 0 Å². The minimum atomic E-state index is -0.493. The van der Waals surface area contributed by atoms with Gasteiger partial charge in [0.25, 0.3) is 5.69 Å². The average molecular weight is 352 g/mol. The number of nitrogens with zero attached hydrogens (tertiary/aromatic N) is 3. The van der Waals surface area contributed by atoms with Crippen molar-refractivity contribution in [2.75, 3.05) is 5.32 Å². The third-order valence-electron chi connectivity index (χ3n) is 3.71. The van der Waals surface area contributed by atoms with Crippen molar-refractivity contribution in [2.45, 2.75) is 19.8 Å². The fraction of sp³-hybridized carbons (Fsp3) is 0.167. The third-order valence-corrected chi connectivity index (χ3v) is 3.71. The van der Waals surface area contributed by atoms with Crippen LogP contribution in [0, 0.1) is 17.0 Å². The lowest BCUT2D eigenvalue weighted by atomic mass is 10.1. The maximum atomic E-state index is 12.0. The molecule has 0 saturated carbocycles. The Kier molecular flexibility index (Phi) is 5.02. The van der Waals surface area contributed by atoms with Gasteiger partial charge in [-0.2, -0.15) is 4.98 Å². The van der Waals surface area contributed by atoms with Gasteiger partial charge >= 0.3 is 0 Å². The largest absolute Gasteiger partial charge is 0.339 e. The van der Waals surface area contributed by atoms with Crippen LogP contribution in [0.1, 0.15) is 17.9 Å². The number of non-ortho nitro benzene ring substituents is 1. The molecule has 0 aliphatic carbocycles. The normalized spacial score (nSPS) is 10.5. The molecule has 26 heavy (non-hydrogen) atoms. The summed E-state index contributed by atoms with van der Waals surface area (Å²) < 4.78 is 5.18. The molecule has 0 atom stereocenters. The third kappa shape index (κ3) is 4.29. The first-order chi connectivity index (χ1) is 12.5. The molecule has 0 fully saturated rings. The number of aromatic nitrogens is 2. The monoisotopic (exact) mass is 352 g/mol. The molecule has 3 rings (SSSR count). The molecule has 2 aromatic carbocycles. The van der Waals surface area contributed by atoms with Gasteiger partial charge in [-0.05, 0) is 19.1 Å². The molecule has 1 aromatic heterocycles. The van der Waals surface area contributed by atoms with Crippen LogP contribution in [0.2, 0.25) is 0 Å². The second kappa shape index (κ2) is 7.56. The zero-order valence-electron chi connectivity index (χ0n) is 14.0. The predicted molar refractivity (Wildman–Crippen MR) is 94.5 cm³/mol. The van der Waals surface area contributed by atoms with E-state index in [0.29, 0.717) is 23.8 Å². The van der Waals surface area contributed by atoms with E-state index in [-0.39, 0.29) is 18.0 Å². The van der Waals surface area contributed by atoms with Gasteiger partial charge in [-0.3, -0.25) is 14.9 Å². The van der Waals surface area contributed by atoms with Gasteiger partial charge in [0, 0.05) is 36.2 Å². The van der Waals surface area contributed by atoms with Crippen molar-refractivity contribution in [2.24, 2.45) is 0 Å². The summed E-state index contributed by atoms with van der Waals surface area (Å²) in [6.45, 7) is 2.00. The molecule has 0 radical (unpaired) electrons. The van der Waals surface area contributed by atoms with Crippen molar-refractivity contribution in [1.82, 2.24) is 10.1 Å². The smallest absolute Gasteiger partial charge is 0.269 e. The van der Waals surface area contributed by atoms with Gasteiger partial charge in [-0.15, -0.1) is 0 Å². The Balaban J connectivity index is 1.54. The molecule has 1 amide bonds. The van der Waals surface area contributed by atoms with Gasteiger partial charge in [0.15, 0.2) is 0 Å². The number of rotatable bonds is 6. The Morgan fingerprint density at radius 3 is 2.50 bits per heavy atom. The molecule has 132 valence electrons. The summed E-state index contributed by atoms with van der Waals surface area (Å²) in [5, 5.41) is 17.2. The summed E-state index contributed by atoms with van der Waals surface area (Å²) in [6, 6.07) is 13.4. The van der Waals surface area contributed by atoms with E-state index in [0.717, 1.165) is 11.1 Å². The zero-order valence-corrected chi connectivity index (χ0v) is 14.0. The first kappa shape index (κ1) is 17.3. The zero-order chi connectivity index (χ0) is 18.5. The molecule has 1 heterocycles. The van der Waals surface area contributed by atoms with Crippen molar-refractivity contribution in [3.63, 3.8) is 0 Å². The van der Waals surface area contributed by atoms with E-state index >= 15 is 0 Å². The predicted octanol–water partition coefficient (Wildman–Crippen LogP) is 3.52. The molecule has 3 aromatic rings. The van der Waals surface area contributed by atoms with Crippen molar-refractivity contribution in [3.8, 4) is 11.4 Å². The van der Waals surface area contributed by atoms with E-state index in [4.69, 9.17) is 4.52 Å². The molecular weight excluding hydrogens is 336 g/mol. The van der Waals surface area contributed by atoms with Crippen LogP contribution in [0.4, 0.5) is 11.4 Å². The van der Waals surface area contributed by atoms with Gasteiger partial charge in [0.1, 0.15) is 0 Å². The highest BCUT2D eigenvalue weighted by Gasteiger charge is 2.11. The number of carbonyl (C=O) groups excluding carboxylic acids is 1. The standard InChI is InChI=1S/C18H16N4O4/c1-12-2-4-13(5-3-12)18-20-17(26-21-18)11-10-16(23)19-14-6-8-15(9-7-14)22(24)25/h2-9H,10-11H2,1H3,(H,19,23). The van der Waals surface area contributed by atoms with Crippen molar-refractivity contribution >= 4 is 17.3 Å². The van der Waals surface area contributed by atoms with Crippen LogP contribution in [0.25, 0.3) is 11.4 Å². The number of aryl methyl sites for hydroxylation is 2. The molecule has 0 unspecified atom stereocenters. The molecule has 8 heteroatoms. The van der Waals surface area contributed by atoms with Crippen molar-refractivity contribution in [1.29, 1.82) is 0 Å². The van der Waals surface area contributed by atoms with E-state index in [9.17, 15) is 14.9 Å². The van der Waals surface area contributed by atoms with E-state index in [2.05, 4.69) is 15.5 Å².